The summed E-state index contributed by atoms with van der Waals surface area (Å²) in [5.74, 6) is 0. The number of non-ortho nitro benzene ring substituents is 2. The Morgan fingerprint density at radius 2 is 1.00 bits per heavy atom. The molecular weight excluding hydrogens is 291 g/mol. The van der Waals surface area contributed by atoms with E-state index in [2.05, 4.69) is 0 Å². The van der Waals surface area contributed by atoms with Crippen LogP contribution in [-0.4, -0.2) is 39.4 Å². The van der Waals surface area contributed by atoms with E-state index in [-0.39, 0.29) is 40.9 Å². The van der Waals surface area contributed by atoms with Gasteiger partial charge in [0.1, 0.15) is 0 Å². The molecular formula is C12H8N2NaO4S. The Balaban J connectivity index is 0.00000200. The van der Waals surface area contributed by atoms with Gasteiger partial charge in [0, 0.05) is 63.6 Å². The molecule has 6 nitrogen and oxygen atoms in total. The largest absolute Gasteiger partial charge is 0.269 e. The second-order valence-electron chi connectivity index (χ2n) is 3.60. The van der Waals surface area contributed by atoms with Crippen LogP contribution in [-0.2, 0) is 0 Å². The quantitative estimate of drug-likeness (QED) is 0.491. The van der Waals surface area contributed by atoms with Crippen molar-refractivity contribution in [1.82, 2.24) is 0 Å². The van der Waals surface area contributed by atoms with Crippen LogP contribution in [0, 0.1) is 20.2 Å². The van der Waals surface area contributed by atoms with Gasteiger partial charge in [-0.2, -0.15) is 0 Å². The van der Waals surface area contributed by atoms with E-state index in [1.807, 2.05) is 0 Å². The minimum Gasteiger partial charge on any atom is -0.258 e. The van der Waals surface area contributed by atoms with Gasteiger partial charge in [-0.15, -0.1) is 0 Å². The van der Waals surface area contributed by atoms with Gasteiger partial charge in [0.2, 0.25) is 0 Å². The third kappa shape index (κ3) is 4.31. The third-order valence-electron chi connectivity index (χ3n) is 2.33. The van der Waals surface area contributed by atoms with Crippen LogP contribution in [0.25, 0.3) is 0 Å². The first-order valence-corrected chi connectivity index (χ1v) is 6.04. The maximum absolute atomic E-state index is 10.5. The van der Waals surface area contributed by atoms with E-state index >= 15 is 0 Å². The number of nitro groups is 2. The predicted molar refractivity (Wildman–Crippen MR) is 76.1 cm³/mol. The molecule has 20 heavy (non-hydrogen) atoms. The van der Waals surface area contributed by atoms with Crippen molar-refractivity contribution in [2.24, 2.45) is 0 Å². The van der Waals surface area contributed by atoms with E-state index in [1.165, 1.54) is 36.0 Å². The fourth-order valence-corrected chi connectivity index (χ4v) is 2.22. The number of benzene rings is 2. The molecule has 0 aliphatic rings. The van der Waals surface area contributed by atoms with Crippen molar-refractivity contribution in [3.63, 3.8) is 0 Å². The molecule has 8 heteroatoms. The molecule has 1 radical (unpaired) electrons. The standard InChI is InChI=1S/C12H8N2O4S.Na/c15-13(16)9-1-5-11(6-2-9)19-12-7-3-10(4-8-12)14(17)18;/h1-8H;. The Bertz CT molecular complexity index is 561. The van der Waals surface area contributed by atoms with E-state index in [1.54, 1.807) is 24.3 Å². The molecule has 0 saturated carbocycles. The number of rotatable bonds is 4. The summed E-state index contributed by atoms with van der Waals surface area (Å²) >= 11 is 1.38. The Hall–Kier alpha value is -1.41. The van der Waals surface area contributed by atoms with Gasteiger partial charge in [0.25, 0.3) is 11.4 Å². The Labute approximate surface area is 140 Å². The van der Waals surface area contributed by atoms with Crippen molar-refractivity contribution in [2.45, 2.75) is 9.79 Å². The average molecular weight is 299 g/mol. The van der Waals surface area contributed by atoms with E-state index in [0.29, 0.717) is 0 Å². The number of nitrogens with zero attached hydrogens (tertiary/aromatic N) is 2. The SMILES string of the molecule is O=[N+]([O-])c1ccc(Sc2ccc([N+](=O)[O-])cc2)cc1.[Na]. The molecule has 0 atom stereocenters. The second kappa shape index (κ2) is 7.39. The van der Waals surface area contributed by atoms with Crippen LogP contribution in [0.4, 0.5) is 11.4 Å². The Kier molecular flexibility index (Phi) is 6.15. The zero-order chi connectivity index (χ0) is 13.8. The fraction of sp³-hybridized carbons (Fsp3) is 0. The number of hydrogen-bond acceptors (Lipinski definition) is 5. The summed E-state index contributed by atoms with van der Waals surface area (Å²) in [6.45, 7) is 0. The number of nitro benzene ring substituents is 2. The normalized spacial score (nSPS) is 9.60. The summed E-state index contributed by atoms with van der Waals surface area (Å²) in [7, 11) is 0. The van der Waals surface area contributed by atoms with Gasteiger partial charge in [-0.05, 0) is 24.3 Å². The van der Waals surface area contributed by atoms with Gasteiger partial charge >= 0.3 is 0 Å². The molecule has 0 amide bonds. The van der Waals surface area contributed by atoms with Gasteiger partial charge in [0.15, 0.2) is 0 Å². The maximum Gasteiger partial charge on any atom is 0.269 e. The van der Waals surface area contributed by atoms with E-state index in [4.69, 9.17) is 0 Å². The minimum atomic E-state index is -0.458. The molecule has 0 unspecified atom stereocenters. The topological polar surface area (TPSA) is 86.3 Å². The molecule has 2 aromatic rings. The van der Waals surface area contributed by atoms with Crippen molar-refractivity contribution in [1.29, 1.82) is 0 Å². The van der Waals surface area contributed by atoms with E-state index < -0.39 is 9.85 Å². The molecule has 2 aromatic carbocycles. The molecule has 0 fully saturated rings. The van der Waals surface area contributed by atoms with Crippen LogP contribution in [0.15, 0.2) is 58.3 Å². The third-order valence-corrected chi connectivity index (χ3v) is 3.35. The molecule has 0 aliphatic heterocycles. The van der Waals surface area contributed by atoms with Crippen LogP contribution in [0.5, 0.6) is 0 Å². The first kappa shape index (κ1) is 16.6. The molecule has 0 saturated heterocycles. The Morgan fingerprint density at radius 1 is 0.700 bits per heavy atom. The molecule has 0 aliphatic carbocycles. The van der Waals surface area contributed by atoms with Crippen molar-refractivity contribution >= 4 is 52.7 Å². The molecule has 97 valence electrons. The zero-order valence-electron chi connectivity index (χ0n) is 10.6. The van der Waals surface area contributed by atoms with Crippen LogP contribution in [0.2, 0.25) is 0 Å². The van der Waals surface area contributed by atoms with Crippen LogP contribution < -0.4 is 0 Å². The first-order chi connectivity index (χ1) is 9.06. The number of hydrogen-bond donors (Lipinski definition) is 0. The summed E-state index contributed by atoms with van der Waals surface area (Å²) in [5, 5.41) is 21.0. The van der Waals surface area contributed by atoms with Crippen molar-refractivity contribution in [3.05, 3.63) is 68.8 Å². The second-order valence-corrected chi connectivity index (χ2v) is 4.75. The van der Waals surface area contributed by atoms with Crippen molar-refractivity contribution < 1.29 is 9.85 Å². The van der Waals surface area contributed by atoms with Crippen LogP contribution in [0.1, 0.15) is 0 Å². The van der Waals surface area contributed by atoms with Crippen LogP contribution >= 0.6 is 11.8 Å². The average Bonchev–Trinajstić information content (AvgIpc) is 2.40. The van der Waals surface area contributed by atoms with Gasteiger partial charge < -0.3 is 0 Å². The molecule has 0 spiro atoms. The zero-order valence-corrected chi connectivity index (χ0v) is 13.4. The molecule has 2 rings (SSSR count). The molecule has 0 aromatic heterocycles. The Morgan fingerprint density at radius 3 is 1.25 bits per heavy atom. The minimum absolute atomic E-state index is 0. The summed E-state index contributed by atoms with van der Waals surface area (Å²) < 4.78 is 0. The molecule has 0 N–H and O–H groups in total. The van der Waals surface area contributed by atoms with Gasteiger partial charge in [-0.25, -0.2) is 0 Å². The molecule has 0 heterocycles. The summed E-state index contributed by atoms with van der Waals surface area (Å²) in [6, 6.07) is 12.3. The summed E-state index contributed by atoms with van der Waals surface area (Å²) in [5.41, 5.74) is 0.0705. The monoisotopic (exact) mass is 299 g/mol. The van der Waals surface area contributed by atoms with Gasteiger partial charge in [-0.1, -0.05) is 11.8 Å². The fourth-order valence-electron chi connectivity index (χ4n) is 1.41. The predicted octanol–water partition coefficient (Wildman–Crippen LogP) is 3.27. The van der Waals surface area contributed by atoms with Gasteiger partial charge in [-0.3, -0.25) is 20.2 Å². The van der Waals surface area contributed by atoms with Crippen molar-refractivity contribution in [2.75, 3.05) is 0 Å². The molecule has 0 bridgehead atoms. The van der Waals surface area contributed by atoms with E-state index in [9.17, 15) is 20.2 Å². The van der Waals surface area contributed by atoms with E-state index in [0.717, 1.165) is 9.79 Å². The smallest absolute Gasteiger partial charge is 0.258 e. The maximum atomic E-state index is 10.5. The van der Waals surface area contributed by atoms with Crippen molar-refractivity contribution in [3.8, 4) is 0 Å². The summed E-state index contributed by atoms with van der Waals surface area (Å²) in [6.07, 6.45) is 0. The van der Waals surface area contributed by atoms with Gasteiger partial charge in [0.05, 0.1) is 9.85 Å². The first-order valence-electron chi connectivity index (χ1n) is 5.23. The summed E-state index contributed by atoms with van der Waals surface area (Å²) in [4.78, 5) is 21.8. The van der Waals surface area contributed by atoms with Crippen LogP contribution in [0.3, 0.4) is 0 Å².